The van der Waals surface area contributed by atoms with Crippen LogP contribution < -0.4 is 5.32 Å². The van der Waals surface area contributed by atoms with Crippen LogP contribution in [0, 0.1) is 5.92 Å². The Hall–Kier alpha value is -2.96. The maximum atomic E-state index is 12.3. The van der Waals surface area contributed by atoms with Gasteiger partial charge in [-0.2, -0.15) is 13.2 Å². The Balaban J connectivity index is 0. The molecule has 2 rings (SSSR count). The predicted octanol–water partition coefficient (Wildman–Crippen LogP) is 12.6. The van der Waals surface area contributed by atoms with Crippen LogP contribution in [0.25, 0.3) is 0 Å². The fraction of sp³-hybridized carbons (Fsp3) is 0.605. The van der Waals surface area contributed by atoms with Gasteiger partial charge < -0.3 is 5.32 Å². The molecule has 0 bridgehead atoms. The molecule has 2 aromatic rings. The van der Waals surface area contributed by atoms with Crippen LogP contribution in [-0.4, -0.2) is 25.3 Å². The predicted molar refractivity (Wildman–Crippen MR) is 188 cm³/mol. The molecule has 256 valence electrons. The molecular formula is C38H61F3N2O2. The van der Waals surface area contributed by atoms with Gasteiger partial charge in [-0.25, -0.2) is 0 Å². The number of hydrogen-bond acceptors (Lipinski definition) is 4. The van der Waals surface area contributed by atoms with Crippen molar-refractivity contribution in [1.82, 2.24) is 0 Å². The first-order valence-corrected chi connectivity index (χ1v) is 16.8. The summed E-state index contributed by atoms with van der Waals surface area (Å²) in [5.74, 6) is 1.15. The highest BCUT2D eigenvalue weighted by Gasteiger charge is 2.30. The van der Waals surface area contributed by atoms with E-state index < -0.39 is 11.7 Å². The van der Waals surface area contributed by atoms with Crippen LogP contribution in [0.5, 0.6) is 0 Å². The van der Waals surface area contributed by atoms with Crippen LogP contribution >= 0.6 is 0 Å². The van der Waals surface area contributed by atoms with Crippen LogP contribution in [0.15, 0.2) is 47.5 Å². The van der Waals surface area contributed by atoms with E-state index in [4.69, 9.17) is 0 Å². The fourth-order valence-corrected chi connectivity index (χ4v) is 4.44. The van der Waals surface area contributed by atoms with Crippen molar-refractivity contribution in [3.8, 4) is 0 Å². The monoisotopic (exact) mass is 634 g/mol. The molecule has 4 nitrogen and oxygen atoms in total. The summed E-state index contributed by atoms with van der Waals surface area (Å²) in [5.41, 5.74) is 2.34. The number of unbranched alkanes of at least 4 members (excludes halogenated alkanes) is 2. The van der Waals surface area contributed by atoms with E-state index >= 15 is 0 Å². The summed E-state index contributed by atoms with van der Waals surface area (Å²) in [6, 6.07) is 10.3. The molecule has 0 saturated heterocycles. The zero-order valence-corrected chi connectivity index (χ0v) is 29.6. The van der Waals surface area contributed by atoms with Crippen molar-refractivity contribution in [3.63, 3.8) is 0 Å². The van der Waals surface area contributed by atoms with Gasteiger partial charge in [-0.3, -0.25) is 14.6 Å². The highest BCUT2D eigenvalue weighted by atomic mass is 19.4. The number of carbonyl (C=O) groups excluding carboxylic acids is 2. The standard InChI is InChI=1S/C13H15F3O.C11H24.C10H12N2O.C4H10/c1-3-12(17)8-9(2)10-4-6-11(7-5-10)13(14,15)16;1-4-7-10-11(8-5-2)9-6-3;1-7(13)8-4-5-9(11-2)10(6-8)12-3;1-3-4-2/h4-7,9H,3,8H2,1-2H3;11H,4-10H2,1-3H3;4-6,11H,3H2,1-2H3;3-4H2,1-2H3. The summed E-state index contributed by atoms with van der Waals surface area (Å²) in [6.07, 6.45) is 9.09. The average molecular weight is 635 g/mol. The second-order valence-corrected chi connectivity index (χ2v) is 11.4. The van der Waals surface area contributed by atoms with Crippen molar-refractivity contribution in [2.45, 2.75) is 138 Å². The molecular weight excluding hydrogens is 573 g/mol. The van der Waals surface area contributed by atoms with E-state index in [0.29, 0.717) is 24.1 Å². The van der Waals surface area contributed by atoms with Gasteiger partial charge in [0.25, 0.3) is 0 Å². The third-order valence-electron chi connectivity index (χ3n) is 7.44. The Morgan fingerprint density at radius 2 is 1.40 bits per heavy atom. The zero-order valence-electron chi connectivity index (χ0n) is 29.6. The second kappa shape index (κ2) is 26.3. The van der Waals surface area contributed by atoms with E-state index in [0.717, 1.165) is 29.3 Å². The molecule has 0 amide bonds. The minimum absolute atomic E-state index is 0.0348. The van der Waals surface area contributed by atoms with Gasteiger partial charge in [0.2, 0.25) is 0 Å². The summed E-state index contributed by atoms with van der Waals surface area (Å²) >= 11 is 0. The van der Waals surface area contributed by atoms with Crippen molar-refractivity contribution in [2.75, 3.05) is 12.4 Å². The lowest BCUT2D eigenvalue weighted by Gasteiger charge is -2.13. The highest BCUT2D eigenvalue weighted by molar-refractivity contribution is 5.96. The number of nitrogens with zero attached hydrogens (tertiary/aromatic N) is 1. The Labute approximate surface area is 272 Å². The molecule has 0 heterocycles. The number of alkyl halides is 3. The van der Waals surface area contributed by atoms with Crippen LogP contribution in [0.1, 0.15) is 153 Å². The SMILES string of the molecule is C=Nc1cc(C(C)=O)ccc1NC.CCC(=O)CC(C)c1ccc(C(F)(F)F)cc1.CCCC.CCCCC(CCC)CCC. The van der Waals surface area contributed by atoms with Crippen LogP contribution in [0.2, 0.25) is 0 Å². The van der Waals surface area contributed by atoms with Gasteiger partial charge in [-0.1, -0.05) is 118 Å². The number of rotatable bonds is 15. The summed E-state index contributed by atoms with van der Waals surface area (Å²) in [6.45, 7) is 19.8. The third kappa shape index (κ3) is 20.6. The normalized spacial score (nSPS) is 11.1. The quantitative estimate of drug-likeness (QED) is 0.157. The molecule has 0 saturated carbocycles. The number of anilines is 1. The summed E-state index contributed by atoms with van der Waals surface area (Å²) in [7, 11) is 1.80. The zero-order chi connectivity index (χ0) is 34.8. The summed E-state index contributed by atoms with van der Waals surface area (Å²) < 4.78 is 37.0. The molecule has 1 N–H and O–H groups in total. The molecule has 2 aromatic carbocycles. The van der Waals surface area contributed by atoms with E-state index in [9.17, 15) is 22.8 Å². The first-order valence-electron chi connectivity index (χ1n) is 16.8. The van der Waals surface area contributed by atoms with Gasteiger partial charge in [0.15, 0.2) is 5.78 Å². The first-order chi connectivity index (χ1) is 21.3. The molecule has 0 spiro atoms. The van der Waals surface area contributed by atoms with E-state index in [-0.39, 0.29) is 17.5 Å². The molecule has 0 aliphatic heterocycles. The molecule has 45 heavy (non-hydrogen) atoms. The van der Waals surface area contributed by atoms with Gasteiger partial charge in [0.1, 0.15) is 5.78 Å². The fourth-order valence-electron chi connectivity index (χ4n) is 4.44. The smallest absolute Gasteiger partial charge is 0.386 e. The second-order valence-electron chi connectivity index (χ2n) is 11.4. The van der Waals surface area contributed by atoms with Crippen LogP contribution in [0.3, 0.4) is 0 Å². The largest absolute Gasteiger partial charge is 0.416 e. The lowest BCUT2D eigenvalue weighted by atomic mass is 9.93. The van der Waals surface area contributed by atoms with E-state index in [1.54, 1.807) is 26.1 Å². The first kappa shape index (κ1) is 44.2. The van der Waals surface area contributed by atoms with Gasteiger partial charge in [-0.05, 0) is 61.4 Å². The van der Waals surface area contributed by atoms with E-state index in [1.807, 2.05) is 13.0 Å². The number of aliphatic imine (C=N–C) groups is 1. The molecule has 1 unspecified atom stereocenters. The number of benzene rings is 2. The molecule has 0 aromatic heterocycles. The lowest BCUT2D eigenvalue weighted by molar-refractivity contribution is -0.137. The maximum absolute atomic E-state index is 12.3. The molecule has 1 atom stereocenters. The average Bonchev–Trinajstić information content (AvgIpc) is 3.03. The van der Waals surface area contributed by atoms with Gasteiger partial charge in [-0.15, -0.1) is 0 Å². The molecule has 0 aliphatic carbocycles. The Bertz CT molecular complexity index is 1060. The van der Waals surface area contributed by atoms with Gasteiger partial charge in [0.05, 0.1) is 16.9 Å². The van der Waals surface area contributed by atoms with Crippen molar-refractivity contribution in [3.05, 3.63) is 59.2 Å². The molecule has 0 fully saturated rings. The molecule has 0 radical (unpaired) electrons. The number of Topliss-reactive ketones (excluding diaryl/α,β-unsaturated/α-hetero) is 2. The number of nitrogens with one attached hydrogen (secondary N) is 1. The lowest BCUT2D eigenvalue weighted by Crippen LogP contribution is -2.06. The summed E-state index contributed by atoms with van der Waals surface area (Å²) in [5, 5.41) is 2.97. The van der Waals surface area contributed by atoms with Crippen LogP contribution in [0.4, 0.5) is 24.5 Å². The topological polar surface area (TPSA) is 58.5 Å². The van der Waals surface area contributed by atoms with Crippen molar-refractivity contribution >= 4 is 29.7 Å². The van der Waals surface area contributed by atoms with Crippen LogP contribution in [-0.2, 0) is 11.0 Å². The van der Waals surface area contributed by atoms with Gasteiger partial charge in [0, 0.05) is 25.5 Å². The Kier molecular flexibility index (Phi) is 25.8. The Morgan fingerprint density at radius 1 is 0.844 bits per heavy atom. The number of hydrogen-bond donors (Lipinski definition) is 1. The van der Waals surface area contributed by atoms with Gasteiger partial charge >= 0.3 is 6.18 Å². The highest BCUT2D eigenvalue weighted by Crippen LogP contribution is 2.31. The van der Waals surface area contributed by atoms with Crippen molar-refractivity contribution < 1.29 is 22.8 Å². The minimum Gasteiger partial charge on any atom is -0.386 e. The molecule has 7 heteroatoms. The Morgan fingerprint density at radius 3 is 1.78 bits per heavy atom. The van der Waals surface area contributed by atoms with E-state index in [2.05, 4.69) is 51.6 Å². The number of carbonyl (C=O) groups is 2. The third-order valence-corrected chi connectivity index (χ3v) is 7.44. The number of ketones is 2. The number of halogens is 3. The van der Waals surface area contributed by atoms with E-state index in [1.165, 1.54) is 76.8 Å². The van der Waals surface area contributed by atoms with Crippen molar-refractivity contribution in [2.24, 2.45) is 10.9 Å². The molecule has 0 aliphatic rings. The maximum Gasteiger partial charge on any atom is 0.416 e. The van der Waals surface area contributed by atoms with Crippen molar-refractivity contribution in [1.29, 1.82) is 0 Å². The minimum atomic E-state index is -4.30. The summed E-state index contributed by atoms with van der Waals surface area (Å²) in [4.78, 5) is 26.1.